The van der Waals surface area contributed by atoms with Crippen molar-refractivity contribution in [3.63, 3.8) is 0 Å². The summed E-state index contributed by atoms with van der Waals surface area (Å²) in [4.78, 5) is 0. The summed E-state index contributed by atoms with van der Waals surface area (Å²) in [6.45, 7) is 9.25. The van der Waals surface area contributed by atoms with Crippen molar-refractivity contribution in [2.45, 2.75) is 12.4 Å². The smallest absolute Gasteiger partial charge is 0.177 e. The molecule has 2 nitrogen and oxygen atoms in total. The monoisotopic (exact) mass is 112 g/mol. The zero-order chi connectivity index (χ0) is 5.98. The van der Waals surface area contributed by atoms with Crippen molar-refractivity contribution >= 4 is 0 Å². The van der Waals surface area contributed by atoms with Gasteiger partial charge in [-0.1, -0.05) is 6.58 Å². The summed E-state index contributed by atoms with van der Waals surface area (Å²) in [6.07, 6.45) is 1.02. The van der Waals surface area contributed by atoms with E-state index in [1.165, 1.54) is 0 Å². The van der Waals surface area contributed by atoms with Crippen LogP contribution in [0.3, 0.4) is 0 Å². The Kier molecular flexibility index (Phi) is 1.65. The zero-order valence-corrected chi connectivity index (χ0v) is 4.54. The van der Waals surface area contributed by atoms with Crippen LogP contribution in [0.2, 0.25) is 0 Å². The Labute approximate surface area is 49.1 Å². The first-order valence-corrected chi connectivity index (χ1v) is 2.48. The minimum atomic E-state index is -0.287. The number of ether oxygens (including phenoxy) is 2. The van der Waals surface area contributed by atoms with Gasteiger partial charge in [0.1, 0.15) is 0 Å². The van der Waals surface area contributed by atoms with E-state index in [1.54, 1.807) is 6.08 Å². The molecule has 0 bridgehead atoms. The van der Waals surface area contributed by atoms with Crippen molar-refractivity contribution in [2.75, 3.05) is 6.61 Å². The zero-order valence-electron chi connectivity index (χ0n) is 4.54. The first kappa shape index (κ1) is 5.79. The number of rotatable bonds is 1. The first-order chi connectivity index (χ1) is 3.83. The van der Waals surface area contributed by atoms with Gasteiger partial charge in [0.25, 0.3) is 0 Å². The largest absolute Gasteiger partial charge is 0.346 e. The molecule has 0 aromatic carbocycles. The molecule has 2 heteroatoms. The second kappa shape index (κ2) is 2.29. The molecule has 2 unspecified atom stereocenters. The number of hydrogen-bond donors (Lipinski definition) is 0. The summed E-state index contributed by atoms with van der Waals surface area (Å²) < 4.78 is 9.90. The molecule has 0 spiro atoms. The van der Waals surface area contributed by atoms with Gasteiger partial charge in [-0.15, -0.1) is 0 Å². The topological polar surface area (TPSA) is 18.5 Å². The summed E-state index contributed by atoms with van der Waals surface area (Å²) >= 11 is 0. The highest BCUT2D eigenvalue weighted by molar-refractivity contribution is 4.78. The van der Waals surface area contributed by atoms with E-state index in [4.69, 9.17) is 16.4 Å². The summed E-state index contributed by atoms with van der Waals surface area (Å²) in [5, 5.41) is 0. The lowest BCUT2D eigenvalue weighted by Crippen LogP contribution is -2.05. The molecule has 1 rings (SSSR count). The van der Waals surface area contributed by atoms with Crippen molar-refractivity contribution in [1.82, 2.24) is 0 Å². The van der Waals surface area contributed by atoms with Crippen LogP contribution in [0.5, 0.6) is 0 Å². The highest BCUT2D eigenvalue weighted by Gasteiger charge is 2.18. The molecule has 2 atom stereocenters. The maximum atomic E-state index is 5.31. The van der Waals surface area contributed by atoms with E-state index in [9.17, 15) is 0 Å². The van der Waals surface area contributed by atoms with Crippen LogP contribution in [-0.4, -0.2) is 19.0 Å². The minimum Gasteiger partial charge on any atom is -0.346 e. The SMILES string of the molecule is [CH]C1COC(C=C)O1. The maximum Gasteiger partial charge on any atom is 0.177 e. The van der Waals surface area contributed by atoms with Crippen molar-refractivity contribution in [2.24, 2.45) is 0 Å². The van der Waals surface area contributed by atoms with E-state index in [0.29, 0.717) is 6.61 Å². The lowest BCUT2D eigenvalue weighted by Gasteiger charge is -2.00. The summed E-state index contributed by atoms with van der Waals surface area (Å²) in [5.41, 5.74) is 0. The van der Waals surface area contributed by atoms with Gasteiger partial charge >= 0.3 is 0 Å². The van der Waals surface area contributed by atoms with Crippen molar-refractivity contribution < 1.29 is 9.47 Å². The Bertz CT molecular complexity index is 90.5. The van der Waals surface area contributed by atoms with Gasteiger partial charge in [-0.25, -0.2) is 0 Å². The third-order valence-corrected chi connectivity index (χ3v) is 0.926. The molecule has 0 aromatic heterocycles. The lowest BCUT2D eigenvalue weighted by atomic mass is 10.5. The summed E-state index contributed by atoms with van der Waals surface area (Å²) in [5.74, 6) is 0. The maximum absolute atomic E-state index is 5.31. The van der Waals surface area contributed by atoms with Crippen molar-refractivity contribution in [1.29, 1.82) is 0 Å². The molecule has 1 aliphatic rings. The highest BCUT2D eigenvalue weighted by atomic mass is 16.7. The van der Waals surface area contributed by atoms with Gasteiger partial charge in [-0.3, -0.25) is 0 Å². The van der Waals surface area contributed by atoms with Gasteiger partial charge in [-0.05, 0) is 13.0 Å². The second-order valence-corrected chi connectivity index (χ2v) is 1.61. The van der Waals surface area contributed by atoms with Gasteiger partial charge in [0.05, 0.1) is 12.7 Å². The van der Waals surface area contributed by atoms with Gasteiger partial charge < -0.3 is 9.47 Å². The van der Waals surface area contributed by atoms with E-state index >= 15 is 0 Å². The van der Waals surface area contributed by atoms with E-state index in [0.717, 1.165) is 0 Å². The Balaban J connectivity index is 2.32. The van der Waals surface area contributed by atoms with Crippen LogP contribution in [0.15, 0.2) is 12.7 Å². The Hall–Kier alpha value is -0.340. The molecule has 44 valence electrons. The third-order valence-electron chi connectivity index (χ3n) is 0.926. The van der Waals surface area contributed by atoms with Crippen LogP contribution < -0.4 is 0 Å². The third kappa shape index (κ3) is 1.08. The molecule has 1 heterocycles. The van der Waals surface area contributed by atoms with Gasteiger partial charge in [0.2, 0.25) is 0 Å². The fraction of sp³-hybridized carbons (Fsp3) is 0.500. The molecule has 0 aromatic rings. The minimum absolute atomic E-state index is 0.266. The molecule has 8 heavy (non-hydrogen) atoms. The van der Waals surface area contributed by atoms with E-state index < -0.39 is 0 Å². The fourth-order valence-corrected chi connectivity index (χ4v) is 0.564. The van der Waals surface area contributed by atoms with Gasteiger partial charge in [-0.2, -0.15) is 0 Å². The van der Waals surface area contributed by atoms with Crippen LogP contribution in [0.4, 0.5) is 0 Å². The molecular weight excluding hydrogens is 104 g/mol. The van der Waals surface area contributed by atoms with Crippen molar-refractivity contribution in [3.05, 3.63) is 19.6 Å². The standard InChI is InChI=1S/C6H8O2/c1-3-6-7-4-5(2)8-6/h2-3,5-6H,1,4H2. The fourth-order valence-electron chi connectivity index (χ4n) is 0.564. The lowest BCUT2D eigenvalue weighted by molar-refractivity contribution is -0.0118. The second-order valence-electron chi connectivity index (χ2n) is 1.61. The molecule has 2 radical (unpaired) electrons. The molecule has 0 aliphatic carbocycles. The molecule has 0 N–H and O–H groups in total. The van der Waals surface area contributed by atoms with E-state index in [1.807, 2.05) is 0 Å². The van der Waals surface area contributed by atoms with Crippen LogP contribution in [0.25, 0.3) is 0 Å². The summed E-state index contributed by atoms with van der Waals surface area (Å²) in [7, 11) is 0. The van der Waals surface area contributed by atoms with E-state index in [2.05, 4.69) is 6.58 Å². The van der Waals surface area contributed by atoms with Crippen LogP contribution in [0.1, 0.15) is 0 Å². The molecular formula is C6H8O2. The van der Waals surface area contributed by atoms with Crippen LogP contribution in [0, 0.1) is 6.92 Å². The first-order valence-electron chi connectivity index (χ1n) is 2.48. The Morgan fingerprint density at radius 2 is 2.50 bits per heavy atom. The van der Waals surface area contributed by atoms with E-state index in [-0.39, 0.29) is 12.4 Å². The van der Waals surface area contributed by atoms with Crippen LogP contribution >= 0.6 is 0 Å². The summed E-state index contributed by atoms with van der Waals surface area (Å²) in [6, 6.07) is 0. The Morgan fingerprint density at radius 3 is 2.75 bits per heavy atom. The molecule has 0 amide bonds. The predicted octanol–water partition coefficient (Wildman–Crippen LogP) is 0.625. The molecule has 0 saturated carbocycles. The predicted molar refractivity (Wildman–Crippen MR) is 29.1 cm³/mol. The molecule has 1 fully saturated rings. The van der Waals surface area contributed by atoms with Gasteiger partial charge in [0.15, 0.2) is 6.29 Å². The normalized spacial score (nSPS) is 37.6. The molecule has 1 saturated heterocycles. The Morgan fingerprint density at radius 1 is 1.75 bits per heavy atom. The quantitative estimate of drug-likeness (QED) is 0.463. The van der Waals surface area contributed by atoms with Crippen LogP contribution in [-0.2, 0) is 9.47 Å². The molecule has 1 aliphatic heterocycles. The average Bonchev–Trinajstić information content (AvgIpc) is 2.14. The average molecular weight is 112 g/mol. The van der Waals surface area contributed by atoms with Crippen molar-refractivity contribution in [3.8, 4) is 0 Å². The van der Waals surface area contributed by atoms with Gasteiger partial charge in [0, 0.05) is 0 Å². The highest BCUT2D eigenvalue weighted by Crippen LogP contribution is 2.09. The number of hydrogen-bond acceptors (Lipinski definition) is 2.